The Hall–Kier alpha value is -2.80. The Labute approximate surface area is 103 Å². The van der Waals surface area contributed by atoms with Crippen LogP contribution in [0.2, 0.25) is 0 Å². The van der Waals surface area contributed by atoms with Crippen LogP contribution in [-0.4, -0.2) is 5.91 Å². The molecule has 86 valence electrons. The van der Waals surface area contributed by atoms with E-state index in [9.17, 15) is 4.79 Å². The van der Waals surface area contributed by atoms with Crippen LogP contribution >= 0.6 is 0 Å². The summed E-state index contributed by atoms with van der Waals surface area (Å²) in [5, 5.41) is 11.8. The van der Waals surface area contributed by atoms with Crippen LogP contribution in [0.25, 0.3) is 0 Å². The lowest BCUT2D eigenvalue weighted by atomic mass is 10.1. The summed E-state index contributed by atoms with van der Waals surface area (Å²) in [5.74, 6) is 0.571. The first-order valence-electron chi connectivity index (χ1n) is 5.41. The highest BCUT2D eigenvalue weighted by atomic mass is 16.5. The van der Waals surface area contributed by atoms with E-state index in [1.54, 1.807) is 30.3 Å². The van der Waals surface area contributed by atoms with Crippen molar-refractivity contribution in [3.05, 3.63) is 53.6 Å². The molecule has 0 saturated heterocycles. The summed E-state index contributed by atoms with van der Waals surface area (Å²) >= 11 is 0. The molecule has 0 saturated carbocycles. The Morgan fingerprint density at radius 3 is 2.78 bits per heavy atom. The molecule has 1 aliphatic heterocycles. The molecular formula is C14H8N2O2. The summed E-state index contributed by atoms with van der Waals surface area (Å²) in [6.45, 7) is 0. The van der Waals surface area contributed by atoms with Gasteiger partial charge in [-0.25, -0.2) is 0 Å². The van der Waals surface area contributed by atoms with Crippen molar-refractivity contribution in [2.24, 2.45) is 0 Å². The van der Waals surface area contributed by atoms with Crippen molar-refractivity contribution < 1.29 is 9.53 Å². The maximum atomic E-state index is 12.0. The highest BCUT2D eigenvalue weighted by Crippen LogP contribution is 2.36. The van der Waals surface area contributed by atoms with Crippen LogP contribution in [0.5, 0.6) is 11.5 Å². The number of hydrogen-bond donors (Lipinski definition) is 1. The number of benzene rings is 2. The average molecular weight is 236 g/mol. The number of amides is 1. The van der Waals surface area contributed by atoms with Crippen LogP contribution in [0, 0.1) is 11.3 Å². The topological polar surface area (TPSA) is 62.1 Å². The van der Waals surface area contributed by atoms with Crippen molar-refractivity contribution >= 4 is 11.6 Å². The Balaban J connectivity index is 2.24. The zero-order valence-corrected chi connectivity index (χ0v) is 9.31. The Kier molecular flexibility index (Phi) is 2.24. The van der Waals surface area contributed by atoms with Crippen LogP contribution in [0.15, 0.2) is 42.5 Å². The van der Waals surface area contributed by atoms with Gasteiger partial charge in [0, 0.05) is 0 Å². The monoisotopic (exact) mass is 236 g/mol. The molecule has 0 unspecified atom stereocenters. The van der Waals surface area contributed by atoms with Gasteiger partial charge in [0.15, 0.2) is 11.5 Å². The number of para-hydroxylation sites is 3. The second kappa shape index (κ2) is 3.90. The maximum Gasteiger partial charge on any atom is 0.259 e. The van der Waals surface area contributed by atoms with Gasteiger partial charge in [-0.3, -0.25) is 4.79 Å². The van der Waals surface area contributed by atoms with Crippen LogP contribution in [-0.2, 0) is 0 Å². The number of anilines is 1. The van der Waals surface area contributed by atoms with Crippen LogP contribution < -0.4 is 10.1 Å². The zero-order chi connectivity index (χ0) is 12.5. The molecule has 4 nitrogen and oxygen atoms in total. The number of carbonyl (C=O) groups excluding carboxylic acids is 1. The van der Waals surface area contributed by atoms with Gasteiger partial charge in [-0.2, -0.15) is 5.26 Å². The predicted octanol–water partition coefficient (Wildman–Crippen LogP) is 2.92. The zero-order valence-electron chi connectivity index (χ0n) is 9.31. The fourth-order valence-corrected chi connectivity index (χ4v) is 1.87. The van der Waals surface area contributed by atoms with E-state index < -0.39 is 0 Å². The number of nitrogens with one attached hydrogen (secondary N) is 1. The van der Waals surface area contributed by atoms with Gasteiger partial charge >= 0.3 is 0 Å². The van der Waals surface area contributed by atoms with Gasteiger partial charge in [0.1, 0.15) is 6.07 Å². The van der Waals surface area contributed by atoms with E-state index in [1.807, 2.05) is 18.2 Å². The molecular weight excluding hydrogens is 228 g/mol. The Bertz CT molecular complexity index is 686. The molecule has 0 bridgehead atoms. The fourth-order valence-electron chi connectivity index (χ4n) is 1.87. The largest absolute Gasteiger partial charge is 0.453 e. The van der Waals surface area contributed by atoms with Gasteiger partial charge in [0.25, 0.3) is 5.91 Å². The molecule has 0 atom stereocenters. The minimum absolute atomic E-state index is 0.271. The minimum atomic E-state index is -0.271. The number of hydrogen-bond acceptors (Lipinski definition) is 3. The first-order chi connectivity index (χ1) is 8.79. The average Bonchev–Trinajstić information content (AvgIpc) is 2.54. The second-order valence-corrected chi connectivity index (χ2v) is 3.85. The van der Waals surface area contributed by atoms with Gasteiger partial charge < -0.3 is 10.1 Å². The lowest BCUT2D eigenvalue weighted by Crippen LogP contribution is -2.10. The number of rotatable bonds is 0. The molecule has 1 amide bonds. The van der Waals surface area contributed by atoms with Gasteiger partial charge in [-0.05, 0) is 24.3 Å². The normalized spacial score (nSPS) is 12.3. The molecule has 18 heavy (non-hydrogen) atoms. The van der Waals surface area contributed by atoms with E-state index in [0.717, 1.165) is 0 Å². The summed E-state index contributed by atoms with van der Waals surface area (Å²) in [4.78, 5) is 12.0. The maximum absolute atomic E-state index is 12.0. The smallest absolute Gasteiger partial charge is 0.259 e. The van der Waals surface area contributed by atoms with Gasteiger partial charge in [-0.15, -0.1) is 0 Å². The SMILES string of the molecule is N#Cc1cccc2c1Oc1ccccc1NC2=O. The number of ether oxygens (including phenoxy) is 1. The molecule has 1 heterocycles. The van der Waals surface area contributed by atoms with Crippen molar-refractivity contribution in [2.75, 3.05) is 5.32 Å². The van der Waals surface area contributed by atoms with Crippen molar-refractivity contribution in [2.45, 2.75) is 0 Å². The molecule has 0 fully saturated rings. The van der Waals surface area contributed by atoms with E-state index in [2.05, 4.69) is 5.32 Å². The van der Waals surface area contributed by atoms with Crippen molar-refractivity contribution in [1.29, 1.82) is 5.26 Å². The summed E-state index contributed by atoms with van der Waals surface area (Å²) in [7, 11) is 0. The summed E-state index contributed by atoms with van der Waals surface area (Å²) in [5.41, 5.74) is 1.31. The van der Waals surface area contributed by atoms with E-state index in [4.69, 9.17) is 10.00 Å². The molecule has 0 aromatic heterocycles. The molecule has 1 N–H and O–H groups in total. The molecule has 0 spiro atoms. The van der Waals surface area contributed by atoms with E-state index in [0.29, 0.717) is 28.3 Å². The van der Waals surface area contributed by atoms with Gasteiger partial charge in [0.2, 0.25) is 0 Å². The van der Waals surface area contributed by atoms with E-state index >= 15 is 0 Å². The lowest BCUT2D eigenvalue weighted by Gasteiger charge is -2.07. The predicted molar refractivity (Wildman–Crippen MR) is 65.6 cm³/mol. The van der Waals surface area contributed by atoms with Crippen molar-refractivity contribution in [1.82, 2.24) is 0 Å². The number of nitrogens with zero attached hydrogens (tertiary/aromatic N) is 1. The van der Waals surface area contributed by atoms with E-state index in [-0.39, 0.29) is 5.91 Å². The fraction of sp³-hybridized carbons (Fsp3) is 0. The molecule has 0 aliphatic carbocycles. The Morgan fingerprint density at radius 2 is 1.94 bits per heavy atom. The molecule has 0 radical (unpaired) electrons. The third-order valence-corrected chi connectivity index (χ3v) is 2.73. The number of carbonyl (C=O) groups is 1. The minimum Gasteiger partial charge on any atom is -0.453 e. The molecule has 4 heteroatoms. The quantitative estimate of drug-likeness (QED) is 0.764. The van der Waals surface area contributed by atoms with Crippen LogP contribution in [0.3, 0.4) is 0 Å². The first kappa shape index (κ1) is 10.4. The van der Waals surface area contributed by atoms with E-state index in [1.165, 1.54) is 0 Å². The third kappa shape index (κ3) is 1.50. The standard InChI is InChI=1S/C14H8N2O2/c15-8-9-4-3-5-10-13(9)18-12-7-2-1-6-11(12)16-14(10)17/h1-7H,(H,16,17). The lowest BCUT2D eigenvalue weighted by molar-refractivity contribution is 0.102. The summed E-state index contributed by atoms with van der Waals surface area (Å²) in [6, 6.07) is 14.1. The first-order valence-corrected chi connectivity index (χ1v) is 5.41. The van der Waals surface area contributed by atoms with Crippen molar-refractivity contribution in [3.63, 3.8) is 0 Å². The number of nitriles is 1. The highest BCUT2D eigenvalue weighted by Gasteiger charge is 2.22. The molecule has 1 aliphatic rings. The van der Waals surface area contributed by atoms with Crippen molar-refractivity contribution in [3.8, 4) is 17.6 Å². The van der Waals surface area contributed by atoms with Crippen LogP contribution in [0.1, 0.15) is 15.9 Å². The summed E-state index contributed by atoms with van der Waals surface area (Å²) in [6.07, 6.45) is 0. The van der Waals surface area contributed by atoms with Crippen LogP contribution in [0.4, 0.5) is 5.69 Å². The highest BCUT2D eigenvalue weighted by molar-refractivity contribution is 6.08. The molecule has 2 aromatic carbocycles. The number of fused-ring (bicyclic) bond motifs is 2. The van der Waals surface area contributed by atoms with Gasteiger partial charge in [-0.1, -0.05) is 18.2 Å². The van der Waals surface area contributed by atoms with Gasteiger partial charge in [0.05, 0.1) is 16.8 Å². The molecule has 2 aromatic rings. The summed E-state index contributed by atoms with van der Waals surface area (Å²) < 4.78 is 5.69. The molecule has 3 rings (SSSR count). The third-order valence-electron chi connectivity index (χ3n) is 2.73. The second-order valence-electron chi connectivity index (χ2n) is 3.85. The Morgan fingerprint density at radius 1 is 1.11 bits per heavy atom.